The van der Waals surface area contributed by atoms with Crippen molar-refractivity contribution in [3.63, 3.8) is 0 Å². The second kappa shape index (κ2) is 17.4. The van der Waals surface area contributed by atoms with Crippen LogP contribution >= 0.6 is 0 Å². The van der Waals surface area contributed by atoms with Gasteiger partial charge >= 0.3 is 0 Å². The van der Waals surface area contributed by atoms with Gasteiger partial charge in [0.15, 0.2) is 5.82 Å². The Balaban J connectivity index is 0.929. The number of piperazine rings is 1. The minimum atomic E-state index is -0.577. The van der Waals surface area contributed by atoms with E-state index in [-0.39, 0.29) is 53.7 Å². The second-order valence-electron chi connectivity index (χ2n) is 16.5. The maximum Gasteiger partial charge on any atom is 0.249 e. The number of nitrogens with one attached hydrogen (secondary N) is 2. The van der Waals surface area contributed by atoms with E-state index in [2.05, 4.69) is 30.3 Å². The highest BCUT2D eigenvalue weighted by molar-refractivity contribution is 6.01. The van der Waals surface area contributed by atoms with Gasteiger partial charge in [0.25, 0.3) is 0 Å². The Kier molecular flexibility index (Phi) is 11.9. The zero-order valence-corrected chi connectivity index (χ0v) is 32.9. The predicted molar refractivity (Wildman–Crippen MR) is 217 cm³/mol. The molecule has 4 N–H and O–H groups in total. The van der Waals surface area contributed by atoms with Crippen LogP contribution in [-0.2, 0) is 19.2 Å². The summed E-state index contributed by atoms with van der Waals surface area (Å²) in [4.78, 5) is 66.6. The highest BCUT2D eigenvalue weighted by atomic mass is 19.1. The monoisotopic (exact) mass is 797 g/mol. The van der Waals surface area contributed by atoms with Gasteiger partial charge in [-0.05, 0) is 101 Å². The molecule has 4 heterocycles. The van der Waals surface area contributed by atoms with Crippen molar-refractivity contribution in [3.05, 3.63) is 60.3 Å². The van der Waals surface area contributed by atoms with Gasteiger partial charge in [-0.3, -0.25) is 29.4 Å². The molecule has 308 valence electrons. The maximum absolute atomic E-state index is 15.6. The third-order valence-electron chi connectivity index (χ3n) is 13.0. The largest absolute Gasteiger partial charge is 0.374 e. The summed E-state index contributed by atoms with van der Waals surface area (Å²) < 4.78 is 31.0. The number of primary amides is 1. The Hall–Kier alpha value is -5.18. The van der Waals surface area contributed by atoms with Crippen LogP contribution in [0.25, 0.3) is 11.3 Å². The van der Waals surface area contributed by atoms with Crippen LogP contribution in [0.15, 0.2) is 48.7 Å². The standard InChI is InChI=1S/C43H53F2N9O4/c44-34-25-29(48-36-16-18-38(55)49-42(36)58)9-17-37(34)52-22-20-51(21-23-52)30-12-14-32(15-13-30)54(31-10-7-27(8-11-31)41(46)57)43-47-26-35(45)40(50-43)28-4-3-5-33(24-28)53-19-2-1-6-39(53)56/h3-5,9,17,24-27,30-32,36,48H,1-2,6-8,10-16,18-23H2,(H2,46,57)(H,49,55,58). The molecule has 0 spiro atoms. The molecule has 4 amide bonds. The molecule has 8 rings (SSSR count). The molecular weight excluding hydrogens is 745 g/mol. The van der Waals surface area contributed by atoms with E-state index in [1.807, 2.05) is 24.3 Å². The first-order chi connectivity index (χ1) is 28.1. The van der Waals surface area contributed by atoms with Crippen LogP contribution < -0.4 is 31.1 Å². The average Bonchev–Trinajstić information content (AvgIpc) is 3.23. The first-order valence-electron chi connectivity index (χ1n) is 21.0. The number of imide groups is 1. The number of benzene rings is 2. The molecule has 3 saturated heterocycles. The average molecular weight is 798 g/mol. The Bertz CT molecular complexity index is 2010. The van der Waals surface area contributed by atoms with E-state index in [1.165, 1.54) is 12.3 Å². The van der Waals surface area contributed by atoms with Crippen LogP contribution in [0.2, 0.25) is 0 Å². The Morgan fingerprint density at radius 1 is 0.828 bits per heavy atom. The SMILES string of the molecule is NC(=O)C1CCC(N(c2ncc(F)c(-c3cccc(N4CCCCC4=O)c3)n2)C2CCC(N3CCN(c4ccc(NC5CCC(=O)NC5=O)cc4F)CC3)CC2)CC1. The summed E-state index contributed by atoms with van der Waals surface area (Å²) in [5, 5.41) is 5.38. The fraction of sp³-hybridized carbons (Fsp3) is 0.535. The molecule has 15 heteroatoms. The molecule has 58 heavy (non-hydrogen) atoms. The molecule has 0 radical (unpaired) electrons. The molecule has 13 nitrogen and oxygen atoms in total. The van der Waals surface area contributed by atoms with Gasteiger partial charge in [0.2, 0.25) is 29.6 Å². The number of anilines is 4. The van der Waals surface area contributed by atoms with E-state index in [0.29, 0.717) is 74.2 Å². The molecule has 5 fully saturated rings. The van der Waals surface area contributed by atoms with Gasteiger partial charge in [-0.2, -0.15) is 0 Å². The second-order valence-corrected chi connectivity index (χ2v) is 16.5. The van der Waals surface area contributed by atoms with Crippen molar-refractivity contribution in [2.75, 3.05) is 52.7 Å². The van der Waals surface area contributed by atoms with Gasteiger partial charge in [0, 0.05) is 86.5 Å². The van der Waals surface area contributed by atoms with E-state index in [4.69, 9.17) is 10.7 Å². The van der Waals surface area contributed by atoms with E-state index < -0.39 is 17.8 Å². The number of carbonyl (C=O) groups excluding carboxylic acids is 4. The normalized spacial score (nSPS) is 26.0. The van der Waals surface area contributed by atoms with Gasteiger partial charge < -0.3 is 25.8 Å². The summed E-state index contributed by atoms with van der Waals surface area (Å²) >= 11 is 0. The molecule has 3 aliphatic heterocycles. The topological polar surface area (TPSA) is 157 Å². The summed E-state index contributed by atoms with van der Waals surface area (Å²) in [6.45, 7) is 3.62. The molecular formula is C43H53F2N9O4. The van der Waals surface area contributed by atoms with Crippen LogP contribution in [-0.4, -0.2) is 95.4 Å². The fourth-order valence-corrected chi connectivity index (χ4v) is 9.76. The van der Waals surface area contributed by atoms with Crippen molar-refractivity contribution in [2.45, 2.75) is 108 Å². The fourth-order valence-electron chi connectivity index (χ4n) is 9.76. The molecule has 2 aliphatic carbocycles. The quantitative estimate of drug-likeness (QED) is 0.235. The summed E-state index contributed by atoms with van der Waals surface area (Å²) in [5.41, 5.74) is 8.28. The van der Waals surface area contributed by atoms with Gasteiger partial charge in [-0.25, -0.2) is 18.7 Å². The van der Waals surface area contributed by atoms with E-state index in [9.17, 15) is 19.2 Å². The Morgan fingerprint density at radius 2 is 1.57 bits per heavy atom. The third-order valence-corrected chi connectivity index (χ3v) is 13.0. The Morgan fingerprint density at radius 3 is 2.26 bits per heavy atom. The number of aromatic nitrogens is 2. The number of carbonyl (C=O) groups is 4. The number of hydrogen-bond acceptors (Lipinski definition) is 10. The van der Waals surface area contributed by atoms with E-state index in [1.54, 1.807) is 17.0 Å². The number of nitrogens with two attached hydrogens (primary N) is 1. The van der Waals surface area contributed by atoms with Crippen LogP contribution in [0.4, 0.5) is 31.8 Å². The lowest BCUT2D eigenvalue weighted by Crippen LogP contribution is -2.54. The number of piperidine rings is 2. The lowest BCUT2D eigenvalue weighted by Gasteiger charge is -2.46. The lowest BCUT2D eigenvalue weighted by atomic mass is 9.82. The molecule has 5 aliphatic rings. The van der Waals surface area contributed by atoms with Crippen LogP contribution in [0, 0.1) is 17.6 Å². The zero-order valence-electron chi connectivity index (χ0n) is 32.9. The van der Waals surface area contributed by atoms with Crippen LogP contribution in [0.5, 0.6) is 0 Å². The van der Waals surface area contributed by atoms with E-state index >= 15 is 8.78 Å². The third kappa shape index (κ3) is 8.64. The molecule has 1 unspecified atom stereocenters. The van der Waals surface area contributed by atoms with Gasteiger partial charge in [0.1, 0.15) is 17.6 Å². The number of rotatable bonds is 10. The van der Waals surface area contributed by atoms with Gasteiger partial charge in [-0.15, -0.1) is 0 Å². The Labute approximate surface area is 337 Å². The molecule has 2 aromatic carbocycles. The summed E-state index contributed by atoms with van der Waals surface area (Å²) in [7, 11) is 0. The number of amides is 4. The molecule has 1 aromatic heterocycles. The van der Waals surface area contributed by atoms with Gasteiger partial charge in [0.05, 0.1) is 11.9 Å². The highest BCUT2D eigenvalue weighted by Crippen LogP contribution is 2.37. The van der Waals surface area contributed by atoms with Crippen LogP contribution in [0.1, 0.15) is 83.5 Å². The smallest absolute Gasteiger partial charge is 0.249 e. The highest BCUT2D eigenvalue weighted by Gasteiger charge is 2.38. The lowest BCUT2D eigenvalue weighted by molar-refractivity contribution is -0.133. The molecule has 3 aromatic rings. The van der Waals surface area contributed by atoms with Crippen molar-refractivity contribution in [1.29, 1.82) is 0 Å². The van der Waals surface area contributed by atoms with Gasteiger partial charge in [-0.1, -0.05) is 12.1 Å². The first-order valence-corrected chi connectivity index (χ1v) is 21.0. The molecule has 1 atom stereocenters. The molecule has 0 bridgehead atoms. The summed E-state index contributed by atoms with van der Waals surface area (Å²) in [6, 6.07) is 12.4. The number of nitrogens with zero attached hydrogens (tertiary/aromatic N) is 6. The number of hydrogen-bond donors (Lipinski definition) is 3. The molecule has 2 saturated carbocycles. The minimum Gasteiger partial charge on any atom is -0.374 e. The maximum atomic E-state index is 15.6. The van der Waals surface area contributed by atoms with Crippen molar-refractivity contribution >= 4 is 46.6 Å². The predicted octanol–water partition coefficient (Wildman–Crippen LogP) is 5.14. The van der Waals surface area contributed by atoms with Crippen molar-refractivity contribution in [3.8, 4) is 11.3 Å². The number of halogens is 2. The van der Waals surface area contributed by atoms with Crippen molar-refractivity contribution in [1.82, 2.24) is 20.2 Å². The zero-order chi connectivity index (χ0) is 40.3. The van der Waals surface area contributed by atoms with Crippen molar-refractivity contribution in [2.24, 2.45) is 11.7 Å². The van der Waals surface area contributed by atoms with Crippen molar-refractivity contribution < 1.29 is 28.0 Å². The first kappa shape index (κ1) is 39.6. The van der Waals surface area contributed by atoms with E-state index in [0.717, 1.165) is 70.1 Å². The minimum absolute atomic E-state index is 0.0734. The summed E-state index contributed by atoms with van der Waals surface area (Å²) in [5.74, 6) is -1.43. The summed E-state index contributed by atoms with van der Waals surface area (Å²) in [6.07, 6.45) is 10.8. The van der Waals surface area contributed by atoms with Crippen LogP contribution in [0.3, 0.4) is 0 Å².